The minimum Gasteiger partial charge on any atom is -0.402 e. The monoisotopic (exact) mass is 396 g/mol. The zero-order chi connectivity index (χ0) is 21.2. The summed E-state index contributed by atoms with van der Waals surface area (Å²) in [5.41, 5.74) is 13.3. The summed E-state index contributed by atoms with van der Waals surface area (Å²) < 4.78 is 7.34. The highest BCUT2D eigenvalue weighted by Gasteiger charge is 2.71. The average Bonchev–Trinajstić information content (AvgIpc) is 2.59. The molecule has 1 aliphatic rings. The topological polar surface area (TPSA) is 61.3 Å². The van der Waals surface area contributed by atoms with Crippen LogP contribution >= 0.6 is 0 Å². The number of hydrogen-bond acceptors (Lipinski definition) is 3. The van der Waals surface area contributed by atoms with Gasteiger partial charge in [0.1, 0.15) is 0 Å². The molecule has 0 aliphatic carbocycles. The van der Waals surface area contributed by atoms with Crippen molar-refractivity contribution < 1.29 is 4.43 Å². The number of anilines is 2. The van der Waals surface area contributed by atoms with Gasteiger partial charge in [-0.05, 0) is 64.4 Å². The van der Waals surface area contributed by atoms with Gasteiger partial charge in [0.05, 0.1) is 5.60 Å². The van der Waals surface area contributed by atoms with E-state index in [1.807, 2.05) is 24.3 Å². The summed E-state index contributed by atoms with van der Waals surface area (Å²) in [6.07, 6.45) is 0. The third-order valence-corrected chi connectivity index (χ3v) is 14.0. The molecule has 1 fully saturated rings. The van der Waals surface area contributed by atoms with Crippen molar-refractivity contribution in [1.82, 2.24) is 0 Å². The van der Waals surface area contributed by atoms with Gasteiger partial charge in [-0.1, -0.05) is 65.8 Å². The third-order valence-electron chi connectivity index (χ3n) is 8.55. The molecule has 3 nitrogen and oxygen atoms in total. The lowest BCUT2D eigenvalue weighted by Crippen LogP contribution is -2.79. The first kappa shape index (κ1) is 20.9. The molecular weight excluding hydrogens is 360 g/mol. The maximum absolute atomic E-state index is 7.34. The van der Waals surface area contributed by atoms with Crippen LogP contribution in [0, 0.1) is 10.8 Å². The Hall–Kier alpha value is -1.78. The van der Waals surface area contributed by atoms with Gasteiger partial charge in [0.2, 0.25) is 0 Å². The molecule has 0 aromatic heterocycles. The number of rotatable bonds is 2. The Bertz CT molecular complexity index is 819. The minimum atomic E-state index is -2.68. The van der Waals surface area contributed by atoms with Crippen molar-refractivity contribution in [2.75, 3.05) is 11.5 Å². The van der Waals surface area contributed by atoms with Crippen LogP contribution in [0.3, 0.4) is 0 Å². The SMILES string of the molecule is CC1(C)O[Si](c2ccc(N)cc2)(c2ccc(N)cc2)C(C)(C)C(C)(C)C1(C)C. The Kier molecular flexibility index (Phi) is 4.57. The molecule has 2 aromatic rings. The van der Waals surface area contributed by atoms with Crippen molar-refractivity contribution >= 4 is 30.1 Å². The molecule has 4 N–H and O–H groups in total. The zero-order valence-corrected chi connectivity index (χ0v) is 19.7. The minimum absolute atomic E-state index is 0.0107. The molecule has 152 valence electrons. The fourth-order valence-electron chi connectivity index (χ4n) is 5.05. The van der Waals surface area contributed by atoms with E-state index in [0.717, 1.165) is 11.4 Å². The highest BCUT2D eigenvalue weighted by atomic mass is 28.4. The van der Waals surface area contributed by atoms with Gasteiger partial charge >= 0.3 is 0 Å². The van der Waals surface area contributed by atoms with Gasteiger partial charge in [-0.2, -0.15) is 0 Å². The van der Waals surface area contributed by atoms with Crippen LogP contribution in [0.25, 0.3) is 0 Å². The van der Waals surface area contributed by atoms with E-state index < -0.39 is 8.32 Å². The maximum atomic E-state index is 7.34. The second-order valence-corrected chi connectivity index (χ2v) is 14.4. The standard InChI is InChI=1S/C24H36N2OSi/c1-21(2)22(3,4)24(7,8)28(27-23(21,5)6,19-13-9-17(25)10-14-19)20-15-11-18(26)12-16-20/h9-16H,25-26H2,1-8H3. The molecule has 3 rings (SSSR count). The third kappa shape index (κ3) is 2.50. The first-order valence-electron chi connectivity index (χ1n) is 10.1. The molecule has 4 heteroatoms. The van der Waals surface area contributed by atoms with Gasteiger partial charge in [-0.25, -0.2) is 0 Å². The van der Waals surface area contributed by atoms with Crippen molar-refractivity contribution in [3.63, 3.8) is 0 Å². The summed E-state index contributed by atoms with van der Waals surface area (Å²) in [4.78, 5) is 0. The molecule has 28 heavy (non-hydrogen) atoms. The van der Waals surface area contributed by atoms with E-state index in [1.165, 1.54) is 10.4 Å². The predicted octanol–water partition coefficient (Wildman–Crippen LogP) is 4.55. The summed E-state index contributed by atoms with van der Waals surface area (Å²) in [7, 11) is -2.68. The molecule has 2 aromatic carbocycles. The van der Waals surface area contributed by atoms with E-state index in [2.05, 4.69) is 79.7 Å². The lowest BCUT2D eigenvalue weighted by Gasteiger charge is -2.69. The molecule has 0 saturated carbocycles. The fraction of sp³-hybridized carbons (Fsp3) is 0.500. The van der Waals surface area contributed by atoms with Gasteiger partial charge in [-0.15, -0.1) is 0 Å². The summed E-state index contributed by atoms with van der Waals surface area (Å²) in [6, 6.07) is 16.7. The second kappa shape index (κ2) is 6.11. The van der Waals surface area contributed by atoms with Gasteiger partial charge in [0.15, 0.2) is 0 Å². The van der Waals surface area contributed by atoms with Crippen LogP contribution in [0.4, 0.5) is 11.4 Å². The zero-order valence-electron chi connectivity index (χ0n) is 18.7. The highest BCUT2D eigenvalue weighted by Crippen LogP contribution is 2.68. The van der Waals surface area contributed by atoms with Crippen molar-refractivity contribution in [2.24, 2.45) is 10.8 Å². The number of benzene rings is 2. The fourth-order valence-corrected chi connectivity index (χ4v) is 10.8. The number of nitrogens with two attached hydrogens (primary N) is 2. The first-order chi connectivity index (χ1) is 12.7. The van der Waals surface area contributed by atoms with E-state index in [1.54, 1.807) is 0 Å². The molecule has 0 atom stereocenters. The van der Waals surface area contributed by atoms with Crippen molar-refractivity contribution in [2.45, 2.75) is 66.0 Å². The van der Waals surface area contributed by atoms with Crippen LogP contribution in [0.1, 0.15) is 55.4 Å². The van der Waals surface area contributed by atoms with E-state index >= 15 is 0 Å². The molecule has 0 amide bonds. The van der Waals surface area contributed by atoms with Gasteiger partial charge in [-0.3, -0.25) is 0 Å². The maximum Gasteiger partial charge on any atom is 0.262 e. The van der Waals surface area contributed by atoms with Crippen LogP contribution in [0.2, 0.25) is 5.04 Å². The largest absolute Gasteiger partial charge is 0.402 e. The number of nitrogen functional groups attached to an aromatic ring is 2. The Morgan fingerprint density at radius 1 is 0.607 bits per heavy atom. The van der Waals surface area contributed by atoms with Crippen LogP contribution in [-0.4, -0.2) is 13.9 Å². The van der Waals surface area contributed by atoms with Crippen LogP contribution in [0.15, 0.2) is 48.5 Å². The lowest BCUT2D eigenvalue weighted by molar-refractivity contribution is -0.137. The van der Waals surface area contributed by atoms with Gasteiger partial charge in [0, 0.05) is 11.4 Å². The van der Waals surface area contributed by atoms with Crippen molar-refractivity contribution in [3.05, 3.63) is 48.5 Å². The van der Waals surface area contributed by atoms with Crippen LogP contribution in [0.5, 0.6) is 0 Å². The number of hydrogen-bond donors (Lipinski definition) is 2. The molecule has 0 bridgehead atoms. The van der Waals surface area contributed by atoms with E-state index in [-0.39, 0.29) is 21.5 Å². The van der Waals surface area contributed by atoms with Gasteiger partial charge in [0.25, 0.3) is 8.32 Å². The Morgan fingerprint density at radius 3 is 1.32 bits per heavy atom. The normalized spacial score (nSPS) is 23.9. The Morgan fingerprint density at radius 2 is 0.964 bits per heavy atom. The molecule has 0 radical (unpaired) electrons. The summed E-state index contributed by atoms with van der Waals surface area (Å²) in [6.45, 7) is 18.8. The molecule has 1 saturated heterocycles. The molecule has 1 heterocycles. The van der Waals surface area contributed by atoms with E-state index in [9.17, 15) is 0 Å². The quantitative estimate of drug-likeness (QED) is 0.578. The van der Waals surface area contributed by atoms with E-state index in [4.69, 9.17) is 15.9 Å². The molecule has 0 spiro atoms. The second-order valence-electron chi connectivity index (χ2n) is 10.4. The smallest absolute Gasteiger partial charge is 0.262 e. The highest BCUT2D eigenvalue weighted by molar-refractivity contribution is 7.00. The van der Waals surface area contributed by atoms with Crippen molar-refractivity contribution in [3.8, 4) is 0 Å². The summed E-state index contributed by atoms with van der Waals surface area (Å²) in [5, 5.41) is 2.42. The van der Waals surface area contributed by atoms with Crippen LogP contribution in [-0.2, 0) is 4.43 Å². The van der Waals surface area contributed by atoms with E-state index in [0.29, 0.717) is 0 Å². The average molecular weight is 397 g/mol. The van der Waals surface area contributed by atoms with Crippen LogP contribution < -0.4 is 21.8 Å². The summed E-state index contributed by atoms with van der Waals surface area (Å²) >= 11 is 0. The molecule has 1 aliphatic heterocycles. The predicted molar refractivity (Wildman–Crippen MR) is 123 cm³/mol. The summed E-state index contributed by atoms with van der Waals surface area (Å²) in [5.74, 6) is 0. The Labute approximate surface area is 171 Å². The van der Waals surface area contributed by atoms with Crippen molar-refractivity contribution in [1.29, 1.82) is 0 Å². The Balaban J connectivity index is 2.41. The van der Waals surface area contributed by atoms with Gasteiger partial charge < -0.3 is 15.9 Å². The molecular formula is C24H36N2OSi. The first-order valence-corrected chi connectivity index (χ1v) is 12.0. The lowest BCUT2D eigenvalue weighted by atomic mass is 9.55. The molecule has 0 unspecified atom stereocenters.